The van der Waals surface area contributed by atoms with Crippen LogP contribution in [0.25, 0.3) is 0 Å². The summed E-state index contributed by atoms with van der Waals surface area (Å²) in [6.07, 6.45) is -4.77. The van der Waals surface area contributed by atoms with Crippen LogP contribution in [0.4, 0.5) is 18.9 Å². The van der Waals surface area contributed by atoms with Crippen molar-refractivity contribution >= 4 is 34.2 Å². The molecule has 0 aliphatic carbocycles. The molecule has 1 atom stereocenters. The zero-order valence-corrected chi connectivity index (χ0v) is 17.0. The lowest BCUT2D eigenvalue weighted by Gasteiger charge is -2.23. The maximum Gasteiger partial charge on any atom is 0.417 e. The van der Waals surface area contributed by atoms with Crippen LogP contribution in [0.15, 0.2) is 36.4 Å². The van der Waals surface area contributed by atoms with E-state index in [4.69, 9.17) is 15.3 Å². The first kappa shape index (κ1) is 22.5. The number of alkyl halides is 3. The van der Waals surface area contributed by atoms with Crippen LogP contribution in [-0.4, -0.2) is 23.2 Å². The van der Waals surface area contributed by atoms with Crippen molar-refractivity contribution in [2.75, 3.05) is 11.9 Å². The first-order valence-electron chi connectivity index (χ1n) is 7.95. The van der Waals surface area contributed by atoms with Gasteiger partial charge in [0.25, 0.3) is 5.91 Å². The Balaban J connectivity index is 2.12. The Hall–Kier alpha value is -2.83. The highest BCUT2D eigenvalue weighted by Gasteiger charge is 2.35. The minimum atomic E-state index is -4.77. The van der Waals surface area contributed by atoms with E-state index in [0.717, 1.165) is 19.1 Å². The molecule has 0 aromatic heterocycles. The van der Waals surface area contributed by atoms with Crippen molar-refractivity contribution in [3.8, 4) is 17.9 Å². The molecule has 0 saturated carbocycles. The molecule has 10 heteroatoms. The Kier molecular flexibility index (Phi) is 6.72. The minimum Gasteiger partial charge on any atom is -0.490 e. The molecule has 0 fully saturated rings. The molecular weight excluding hydrogens is 502 g/mol. The van der Waals surface area contributed by atoms with E-state index in [1.165, 1.54) is 18.2 Å². The van der Waals surface area contributed by atoms with Gasteiger partial charge in [-0.15, -0.1) is 0 Å². The topological polar surface area (TPSA) is 106 Å². The fourth-order valence-electron chi connectivity index (χ4n) is 2.19. The second-order valence-corrected chi connectivity index (χ2v) is 7.30. The number of carbonyl (C=O) groups excluding carboxylic acids is 1. The number of halogens is 4. The summed E-state index contributed by atoms with van der Waals surface area (Å²) >= 11 is 1.93. The van der Waals surface area contributed by atoms with Gasteiger partial charge in [-0.05, 0) is 65.9 Å². The predicted octanol–water partition coefficient (Wildman–Crippen LogP) is 3.82. The van der Waals surface area contributed by atoms with Crippen molar-refractivity contribution in [3.05, 3.63) is 56.7 Å². The van der Waals surface area contributed by atoms with Gasteiger partial charge in [0, 0.05) is 9.26 Å². The number of benzene rings is 2. The fourth-order valence-corrected chi connectivity index (χ4v) is 2.79. The summed E-state index contributed by atoms with van der Waals surface area (Å²) in [6.45, 7) is 0.661. The summed E-state index contributed by atoms with van der Waals surface area (Å²) in [5.41, 5.74) is -3.63. The molecule has 0 radical (unpaired) electrons. The molecule has 0 saturated heterocycles. The number of nitrogens with zero attached hydrogens (tertiary/aromatic N) is 2. The van der Waals surface area contributed by atoms with Gasteiger partial charge < -0.3 is 15.2 Å². The zero-order valence-electron chi connectivity index (χ0n) is 14.8. The Bertz CT molecular complexity index is 1020. The number of aliphatic hydroxyl groups is 1. The second kappa shape index (κ2) is 8.68. The molecule has 0 heterocycles. The van der Waals surface area contributed by atoms with Gasteiger partial charge in [0.15, 0.2) is 5.60 Å². The van der Waals surface area contributed by atoms with E-state index < -0.39 is 35.4 Å². The van der Waals surface area contributed by atoms with Crippen molar-refractivity contribution in [3.63, 3.8) is 0 Å². The van der Waals surface area contributed by atoms with Crippen molar-refractivity contribution in [2.45, 2.75) is 18.7 Å². The minimum absolute atomic E-state index is 0.227. The molecule has 0 aliphatic rings. The van der Waals surface area contributed by atoms with E-state index in [-0.39, 0.29) is 5.69 Å². The van der Waals surface area contributed by atoms with Crippen LogP contribution >= 0.6 is 22.6 Å². The highest BCUT2D eigenvalue weighted by atomic mass is 127. The number of amides is 1. The van der Waals surface area contributed by atoms with Gasteiger partial charge in [0.05, 0.1) is 22.8 Å². The number of carbonyl (C=O) groups is 1. The number of hydrogen-bond donors (Lipinski definition) is 2. The molecule has 29 heavy (non-hydrogen) atoms. The van der Waals surface area contributed by atoms with E-state index in [2.05, 4.69) is 5.32 Å². The third-order valence-electron chi connectivity index (χ3n) is 3.77. The zero-order chi connectivity index (χ0) is 21.8. The standard InChI is InChI=1S/C19H13F3IN3O3/c1-18(28,10-29-14-5-3-12(9-25)16(23)7-14)17(27)26-13-4-2-11(8-24)15(6-13)19(20,21)22/h2-7,28H,10H2,1H3,(H,26,27)/t18-/m0/s1. The number of hydrogen-bond acceptors (Lipinski definition) is 5. The lowest BCUT2D eigenvalue weighted by Crippen LogP contribution is -2.45. The summed E-state index contributed by atoms with van der Waals surface area (Å²) in [5, 5.41) is 30.2. The molecule has 150 valence electrons. The smallest absolute Gasteiger partial charge is 0.417 e. The van der Waals surface area contributed by atoms with Gasteiger partial charge in [-0.1, -0.05) is 0 Å². The highest BCUT2D eigenvalue weighted by molar-refractivity contribution is 14.1. The van der Waals surface area contributed by atoms with Gasteiger partial charge in [-0.25, -0.2) is 0 Å². The first-order valence-corrected chi connectivity index (χ1v) is 9.03. The molecular formula is C19H13F3IN3O3. The lowest BCUT2D eigenvalue weighted by atomic mass is 10.1. The maximum atomic E-state index is 13.0. The Morgan fingerprint density at radius 1 is 1.17 bits per heavy atom. The number of nitrogens with one attached hydrogen (secondary N) is 1. The molecule has 0 spiro atoms. The van der Waals surface area contributed by atoms with Crippen LogP contribution < -0.4 is 10.1 Å². The largest absolute Gasteiger partial charge is 0.490 e. The molecule has 0 aliphatic heterocycles. The predicted molar refractivity (Wildman–Crippen MR) is 105 cm³/mol. The van der Waals surface area contributed by atoms with Crippen LogP contribution in [0.5, 0.6) is 5.75 Å². The number of nitriles is 2. The van der Waals surface area contributed by atoms with Crippen molar-refractivity contribution in [2.24, 2.45) is 0 Å². The van der Waals surface area contributed by atoms with Crippen molar-refractivity contribution < 1.29 is 27.8 Å². The van der Waals surface area contributed by atoms with Gasteiger partial charge in [-0.3, -0.25) is 4.79 Å². The monoisotopic (exact) mass is 515 g/mol. The Morgan fingerprint density at radius 3 is 2.34 bits per heavy atom. The molecule has 6 nitrogen and oxygen atoms in total. The van der Waals surface area contributed by atoms with E-state index in [0.29, 0.717) is 20.9 Å². The third kappa shape index (κ3) is 5.59. The highest BCUT2D eigenvalue weighted by Crippen LogP contribution is 2.33. The quantitative estimate of drug-likeness (QED) is 0.590. The molecule has 2 N–H and O–H groups in total. The molecule has 0 unspecified atom stereocenters. The fraction of sp³-hybridized carbons (Fsp3) is 0.211. The van der Waals surface area contributed by atoms with E-state index in [1.54, 1.807) is 6.07 Å². The summed E-state index contributed by atoms with van der Waals surface area (Å²) in [7, 11) is 0. The van der Waals surface area contributed by atoms with Crippen LogP contribution in [-0.2, 0) is 11.0 Å². The van der Waals surface area contributed by atoms with Crippen LogP contribution in [0.1, 0.15) is 23.6 Å². The number of ether oxygens (including phenoxy) is 1. The molecule has 2 aromatic rings. The summed E-state index contributed by atoms with van der Waals surface area (Å²) in [5.74, 6) is -0.683. The third-order valence-corrected chi connectivity index (χ3v) is 4.67. The molecule has 2 rings (SSSR count). The normalized spacial score (nSPS) is 13.0. The summed E-state index contributed by atoms with van der Waals surface area (Å²) < 4.78 is 45.1. The SMILES string of the molecule is C[C@](O)(COc1ccc(C#N)c(I)c1)C(=O)Nc1ccc(C#N)c(C(F)(F)F)c1. The van der Waals surface area contributed by atoms with Gasteiger partial charge >= 0.3 is 6.18 Å². The average molecular weight is 515 g/mol. The molecule has 1 amide bonds. The van der Waals surface area contributed by atoms with E-state index in [9.17, 15) is 23.1 Å². The Morgan fingerprint density at radius 2 is 1.79 bits per heavy atom. The van der Waals surface area contributed by atoms with Crippen molar-refractivity contribution in [1.82, 2.24) is 0 Å². The average Bonchev–Trinajstić information content (AvgIpc) is 2.65. The molecule has 0 bridgehead atoms. The van der Waals surface area contributed by atoms with E-state index in [1.807, 2.05) is 28.7 Å². The second-order valence-electron chi connectivity index (χ2n) is 6.14. The summed E-state index contributed by atoms with van der Waals surface area (Å²) in [6, 6.07) is 10.7. The number of anilines is 1. The maximum absolute atomic E-state index is 13.0. The van der Waals surface area contributed by atoms with Gasteiger partial charge in [0.2, 0.25) is 0 Å². The van der Waals surface area contributed by atoms with Gasteiger partial charge in [-0.2, -0.15) is 23.7 Å². The van der Waals surface area contributed by atoms with Gasteiger partial charge in [0.1, 0.15) is 18.4 Å². The first-order chi connectivity index (χ1) is 13.5. The van der Waals surface area contributed by atoms with E-state index >= 15 is 0 Å². The lowest BCUT2D eigenvalue weighted by molar-refractivity contribution is -0.138. The summed E-state index contributed by atoms with van der Waals surface area (Å²) in [4.78, 5) is 12.3. The van der Waals surface area contributed by atoms with Crippen molar-refractivity contribution in [1.29, 1.82) is 10.5 Å². The number of rotatable bonds is 5. The van der Waals surface area contributed by atoms with Crippen LogP contribution in [0, 0.1) is 26.2 Å². The molecule has 2 aromatic carbocycles. The Labute approximate surface area is 177 Å². The van der Waals surface area contributed by atoms with Crippen LogP contribution in [0.2, 0.25) is 0 Å². The van der Waals surface area contributed by atoms with Crippen LogP contribution in [0.3, 0.4) is 0 Å².